The summed E-state index contributed by atoms with van der Waals surface area (Å²) in [5.74, 6) is 0.508. The molecule has 30 heavy (non-hydrogen) atoms. The second-order valence-corrected chi connectivity index (χ2v) is 15.9. The zero-order chi connectivity index (χ0) is 21.4. The maximum absolute atomic E-state index is 13.3. The number of hydrogen-bond donors (Lipinski definition) is 0. The number of hydrogen-bond acceptors (Lipinski definition) is 0. The molecule has 0 atom stereocenters. The molecule has 2 aliphatic rings. The summed E-state index contributed by atoms with van der Waals surface area (Å²) in [6.45, 7) is 5.05. The standard InChI is InChI=1S/C27H44F2Si/c1-3-4-5-8-23-17-19-30(2,20-18-23)25-14-11-22(12-15-25)9-6-7-10-24-13-16-26(28)27(29)21-24/h13,16,21-23,25H,3-12,14-15,17-20H2,1-2H3/t22-,23?,25-,30?. The number of halogens is 2. The Kier molecular flexibility index (Phi) is 9.41. The first-order valence-corrected chi connectivity index (χ1v) is 15.9. The summed E-state index contributed by atoms with van der Waals surface area (Å²) in [4.78, 5) is 0. The minimum Gasteiger partial charge on any atom is -0.204 e. The van der Waals surface area contributed by atoms with Crippen LogP contribution in [0.3, 0.4) is 0 Å². The fourth-order valence-corrected chi connectivity index (χ4v) is 11.3. The Labute approximate surface area is 185 Å². The van der Waals surface area contributed by atoms with Gasteiger partial charge in [-0.05, 0) is 47.9 Å². The molecule has 0 aromatic heterocycles. The third-order valence-electron chi connectivity index (χ3n) is 8.61. The van der Waals surface area contributed by atoms with Gasteiger partial charge in [-0.15, -0.1) is 0 Å². The van der Waals surface area contributed by atoms with Crippen molar-refractivity contribution >= 4 is 8.07 Å². The normalized spacial score (nSPS) is 29.8. The van der Waals surface area contributed by atoms with E-state index in [4.69, 9.17) is 0 Å². The molecular weight excluding hydrogens is 390 g/mol. The van der Waals surface area contributed by atoms with Crippen molar-refractivity contribution in [2.75, 3.05) is 0 Å². The Hall–Kier alpha value is -0.703. The SMILES string of the molecule is CCCCCC1CC[Si](C)([C@H]2CC[C@H](CCCCc3ccc(F)c(F)c3)CC2)CC1. The third kappa shape index (κ3) is 6.90. The molecule has 1 aliphatic carbocycles. The lowest BCUT2D eigenvalue weighted by Gasteiger charge is -2.44. The van der Waals surface area contributed by atoms with Gasteiger partial charge in [-0.3, -0.25) is 0 Å². The van der Waals surface area contributed by atoms with Crippen LogP contribution in [0.25, 0.3) is 0 Å². The Balaban J connectivity index is 1.31. The molecule has 0 spiro atoms. The predicted molar refractivity (Wildman–Crippen MR) is 128 cm³/mol. The van der Waals surface area contributed by atoms with Crippen LogP contribution < -0.4 is 0 Å². The van der Waals surface area contributed by atoms with E-state index >= 15 is 0 Å². The molecule has 1 aromatic carbocycles. The second-order valence-electron chi connectivity index (χ2n) is 10.8. The first-order chi connectivity index (χ1) is 14.5. The third-order valence-corrected chi connectivity index (χ3v) is 14.0. The van der Waals surface area contributed by atoms with Gasteiger partial charge in [-0.2, -0.15) is 0 Å². The van der Waals surface area contributed by atoms with Crippen molar-refractivity contribution in [1.82, 2.24) is 0 Å². The molecule has 0 N–H and O–H groups in total. The molecule has 0 amide bonds. The zero-order valence-electron chi connectivity index (χ0n) is 19.5. The van der Waals surface area contributed by atoms with Crippen LogP contribution in [0.4, 0.5) is 8.78 Å². The van der Waals surface area contributed by atoms with Gasteiger partial charge in [0.1, 0.15) is 0 Å². The highest BCUT2D eigenvalue weighted by molar-refractivity contribution is 6.80. The van der Waals surface area contributed by atoms with E-state index in [2.05, 4.69) is 13.5 Å². The largest absolute Gasteiger partial charge is 0.204 e. The van der Waals surface area contributed by atoms with Gasteiger partial charge in [0.15, 0.2) is 11.6 Å². The van der Waals surface area contributed by atoms with Gasteiger partial charge in [0, 0.05) is 0 Å². The molecule has 0 nitrogen and oxygen atoms in total. The highest BCUT2D eigenvalue weighted by atomic mass is 28.3. The molecule has 1 aliphatic heterocycles. The van der Waals surface area contributed by atoms with E-state index in [1.165, 1.54) is 89.2 Å². The summed E-state index contributed by atoms with van der Waals surface area (Å²) in [6, 6.07) is 7.56. The Morgan fingerprint density at radius 2 is 1.43 bits per heavy atom. The molecule has 0 bridgehead atoms. The number of benzene rings is 1. The highest BCUT2D eigenvalue weighted by Crippen LogP contribution is 2.48. The lowest BCUT2D eigenvalue weighted by molar-refractivity contribution is 0.320. The molecule has 3 rings (SSSR count). The van der Waals surface area contributed by atoms with E-state index in [1.54, 1.807) is 18.2 Å². The molecule has 2 fully saturated rings. The van der Waals surface area contributed by atoms with Crippen LogP contribution in [-0.2, 0) is 6.42 Å². The molecule has 1 aromatic rings. The quantitative estimate of drug-likeness (QED) is 0.254. The van der Waals surface area contributed by atoms with Gasteiger partial charge in [0.25, 0.3) is 0 Å². The maximum atomic E-state index is 13.3. The molecule has 0 radical (unpaired) electrons. The summed E-state index contributed by atoms with van der Waals surface area (Å²) < 4.78 is 26.4. The average molecular weight is 435 g/mol. The van der Waals surface area contributed by atoms with Gasteiger partial charge in [-0.1, -0.05) is 109 Å². The van der Waals surface area contributed by atoms with E-state index < -0.39 is 19.7 Å². The van der Waals surface area contributed by atoms with Crippen molar-refractivity contribution in [1.29, 1.82) is 0 Å². The summed E-state index contributed by atoms with van der Waals surface area (Å²) >= 11 is 0. The van der Waals surface area contributed by atoms with E-state index in [1.807, 2.05) is 0 Å². The topological polar surface area (TPSA) is 0 Å². The lowest BCUT2D eigenvalue weighted by atomic mass is 9.85. The van der Waals surface area contributed by atoms with Gasteiger partial charge in [-0.25, -0.2) is 8.78 Å². The molecule has 3 heteroatoms. The van der Waals surface area contributed by atoms with Gasteiger partial charge >= 0.3 is 0 Å². The van der Waals surface area contributed by atoms with Crippen molar-refractivity contribution in [3.8, 4) is 0 Å². The van der Waals surface area contributed by atoms with Crippen LogP contribution in [0.2, 0.25) is 24.2 Å². The molecule has 1 heterocycles. The Morgan fingerprint density at radius 1 is 0.800 bits per heavy atom. The smallest absolute Gasteiger partial charge is 0.159 e. The fraction of sp³-hybridized carbons (Fsp3) is 0.778. The van der Waals surface area contributed by atoms with Crippen LogP contribution >= 0.6 is 0 Å². The lowest BCUT2D eigenvalue weighted by Crippen LogP contribution is -2.41. The first-order valence-electron chi connectivity index (χ1n) is 12.9. The van der Waals surface area contributed by atoms with Crippen molar-refractivity contribution in [2.24, 2.45) is 11.8 Å². The van der Waals surface area contributed by atoms with Crippen molar-refractivity contribution in [3.63, 3.8) is 0 Å². The monoisotopic (exact) mass is 434 g/mol. The predicted octanol–water partition coefficient (Wildman–Crippen LogP) is 9.31. The zero-order valence-corrected chi connectivity index (χ0v) is 20.5. The van der Waals surface area contributed by atoms with Gasteiger partial charge in [0.2, 0.25) is 0 Å². The van der Waals surface area contributed by atoms with Crippen LogP contribution in [0.1, 0.15) is 96.0 Å². The maximum Gasteiger partial charge on any atom is 0.159 e. The Bertz CT molecular complexity index is 628. The van der Waals surface area contributed by atoms with Crippen molar-refractivity contribution in [2.45, 2.75) is 121 Å². The van der Waals surface area contributed by atoms with Crippen LogP contribution in [0.15, 0.2) is 18.2 Å². The average Bonchev–Trinajstić information content (AvgIpc) is 2.76. The van der Waals surface area contributed by atoms with E-state index in [0.29, 0.717) is 0 Å². The minimum absolute atomic E-state index is 0.710. The van der Waals surface area contributed by atoms with Crippen molar-refractivity contribution in [3.05, 3.63) is 35.4 Å². The second kappa shape index (κ2) is 11.8. The van der Waals surface area contributed by atoms with Crippen LogP contribution in [0.5, 0.6) is 0 Å². The molecule has 1 saturated carbocycles. The summed E-state index contributed by atoms with van der Waals surface area (Å²) in [7, 11) is -1.01. The van der Waals surface area contributed by atoms with Crippen LogP contribution in [0, 0.1) is 23.5 Å². The van der Waals surface area contributed by atoms with Crippen molar-refractivity contribution < 1.29 is 8.78 Å². The van der Waals surface area contributed by atoms with Gasteiger partial charge < -0.3 is 0 Å². The first kappa shape index (κ1) is 23.9. The summed E-state index contributed by atoms with van der Waals surface area (Å²) in [6.07, 6.45) is 19.2. The number of aryl methyl sites for hydroxylation is 1. The number of rotatable bonds is 10. The molecule has 1 saturated heterocycles. The highest BCUT2D eigenvalue weighted by Gasteiger charge is 2.40. The summed E-state index contributed by atoms with van der Waals surface area (Å²) in [5.41, 5.74) is 2.02. The van der Waals surface area contributed by atoms with E-state index in [9.17, 15) is 8.78 Å². The molecular formula is C27H44F2Si. The number of unbranched alkanes of at least 4 members (excludes halogenated alkanes) is 3. The summed E-state index contributed by atoms with van der Waals surface area (Å²) in [5, 5.41) is 0. The minimum atomic E-state index is -1.01. The fourth-order valence-electron chi connectivity index (χ4n) is 6.32. The molecule has 0 unspecified atom stereocenters. The van der Waals surface area contributed by atoms with E-state index in [0.717, 1.165) is 35.8 Å². The van der Waals surface area contributed by atoms with Crippen LogP contribution in [-0.4, -0.2) is 8.07 Å². The molecule has 170 valence electrons. The Morgan fingerprint density at radius 3 is 2.07 bits per heavy atom. The van der Waals surface area contributed by atoms with Gasteiger partial charge in [0.05, 0.1) is 8.07 Å². The van der Waals surface area contributed by atoms with E-state index in [-0.39, 0.29) is 0 Å².